The van der Waals surface area contributed by atoms with Crippen molar-refractivity contribution in [3.8, 4) is 0 Å². The van der Waals surface area contributed by atoms with Gasteiger partial charge in [-0.2, -0.15) is 4.31 Å². The fourth-order valence-corrected chi connectivity index (χ4v) is 5.58. The summed E-state index contributed by atoms with van der Waals surface area (Å²) in [5, 5.41) is 0. The third kappa shape index (κ3) is 2.56. The Morgan fingerprint density at radius 2 is 1.81 bits per heavy atom. The van der Waals surface area contributed by atoms with Crippen LogP contribution < -0.4 is 5.73 Å². The van der Waals surface area contributed by atoms with Crippen LogP contribution in [0.25, 0.3) is 0 Å². The smallest absolute Gasteiger partial charge is 0.243 e. The van der Waals surface area contributed by atoms with Gasteiger partial charge in [0, 0.05) is 31.4 Å². The van der Waals surface area contributed by atoms with Crippen molar-refractivity contribution in [1.29, 1.82) is 0 Å². The van der Waals surface area contributed by atoms with Crippen molar-refractivity contribution in [2.24, 2.45) is 0 Å². The maximum Gasteiger partial charge on any atom is 0.243 e. The van der Waals surface area contributed by atoms with E-state index in [0.29, 0.717) is 29.7 Å². The molecule has 1 aromatic rings. The molecule has 1 aromatic carbocycles. The highest BCUT2D eigenvalue weighted by atomic mass is 32.2. The number of hydrogen-bond donors (Lipinski definition) is 1. The molecule has 5 nitrogen and oxygen atoms in total. The standard InChI is InChI=1S/C15H23N3O2S/c1-11-8-13(16)9-12(2)15(11)21(19,20)18-7-6-17-5-3-4-14(17)10-18/h8-9,14H,3-7,10,16H2,1-2H3. The van der Waals surface area contributed by atoms with Gasteiger partial charge in [0.2, 0.25) is 10.0 Å². The molecule has 3 rings (SSSR count). The number of sulfonamides is 1. The molecule has 0 saturated carbocycles. The molecule has 0 aliphatic carbocycles. The van der Waals surface area contributed by atoms with E-state index < -0.39 is 10.0 Å². The lowest BCUT2D eigenvalue weighted by Crippen LogP contribution is -2.52. The van der Waals surface area contributed by atoms with Crippen LogP contribution in [-0.2, 0) is 10.0 Å². The lowest BCUT2D eigenvalue weighted by Gasteiger charge is -2.37. The summed E-state index contributed by atoms with van der Waals surface area (Å²) in [5.74, 6) is 0. The van der Waals surface area contributed by atoms with Gasteiger partial charge in [-0.15, -0.1) is 0 Å². The van der Waals surface area contributed by atoms with E-state index in [0.717, 1.165) is 30.6 Å². The van der Waals surface area contributed by atoms with Gasteiger partial charge in [0.1, 0.15) is 0 Å². The molecular weight excluding hydrogens is 286 g/mol. The summed E-state index contributed by atoms with van der Waals surface area (Å²) >= 11 is 0. The first kappa shape index (κ1) is 14.8. The van der Waals surface area contributed by atoms with Crippen molar-refractivity contribution in [3.05, 3.63) is 23.3 Å². The summed E-state index contributed by atoms with van der Waals surface area (Å²) in [6.45, 7) is 6.80. The number of benzene rings is 1. The normalized spacial score (nSPS) is 24.2. The quantitative estimate of drug-likeness (QED) is 0.838. The Morgan fingerprint density at radius 3 is 2.48 bits per heavy atom. The Kier molecular flexibility index (Phi) is 3.71. The van der Waals surface area contributed by atoms with E-state index in [-0.39, 0.29) is 0 Å². The zero-order valence-electron chi connectivity index (χ0n) is 12.7. The highest BCUT2D eigenvalue weighted by Crippen LogP contribution is 2.29. The number of hydrogen-bond acceptors (Lipinski definition) is 4. The van der Waals surface area contributed by atoms with Crippen molar-refractivity contribution >= 4 is 15.7 Å². The maximum atomic E-state index is 13.0. The lowest BCUT2D eigenvalue weighted by molar-refractivity contribution is 0.158. The number of piperazine rings is 1. The summed E-state index contributed by atoms with van der Waals surface area (Å²) in [6.07, 6.45) is 2.28. The molecule has 0 bridgehead atoms. The molecule has 1 unspecified atom stereocenters. The van der Waals surface area contributed by atoms with Gasteiger partial charge < -0.3 is 5.73 Å². The summed E-state index contributed by atoms with van der Waals surface area (Å²) < 4.78 is 27.6. The molecule has 0 spiro atoms. The largest absolute Gasteiger partial charge is 0.399 e. The van der Waals surface area contributed by atoms with E-state index in [1.807, 2.05) is 13.8 Å². The first-order valence-electron chi connectivity index (χ1n) is 7.50. The van der Waals surface area contributed by atoms with E-state index >= 15 is 0 Å². The molecule has 0 amide bonds. The minimum absolute atomic E-state index is 0.392. The van der Waals surface area contributed by atoms with Crippen molar-refractivity contribution in [2.75, 3.05) is 31.9 Å². The van der Waals surface area contributed by atoms with Gasteiger partial charge in [-0.25, -0.2) is 8.42 Å². The lowest BCUT2D eigenvalue weighted by atomic mass is 10.1. The molecule has 21 heavy (non-hydrogen) atoms. The van der Waals surface area contributed by atoms with Crippen LogP contribution in [0.2, 0.25) is 0 Å². The summed E-state index contributed by atoms with van der Waals surface area (Å²) in [5.41, 5.74) is 7.90. The van der Waals surface area contributed by atoms with Gasteiger partial charge in [-0.1, -0.05) is 0 Å². The molecule has 2 N–H and O–H groups in total. The van der Waals surface area contributed by atoms with E-state index in [2.05, 4.69) is 4.90 Å². The van der Waals surface area contributed by atoms with Crippen molar-refractivity contribution in [2.45, 2.75) is 37.6 Å². The highest BCUT2D eigenvalue weighted by molar-refractivity contribution is 7.89. The topological polar surface area (TPSA) is 66.6 Å². The molecule has 1 atom stereocenters. The van der Waals surface area contributed by atoms with Crippen molar-refractivity contribution < 1.29 is 8.42 Å². The zero-order valence-corrected chi connectivity index (χ0v) is 13.5. The Balaban J connectivity index is 1.94. The number of nitrogens with zero attached hydrogens (tertiary/aromatic N) is 2. The summed E-state index contributed by atoms with van der Waals surface area (Å²) in [4.78, 5) is 2.84. The third-order valence-corrected chi connectivity index (χ3v) is 6.80. The van der Waals surface area contributed by atoms with Crippen LogP contribution in [0.1, 0.15) is 24.0 Å². The second-order valence-corrected chi connectivity index (χ2v) is 8.05. The van der Waals surface area contributed by atoms with Crippen LogP contribution >= 0.6 is 0 Å². The van der Waals surface area contributed by atoms with E-state index in [9.17, 15) is 8.42 Å². The van der Waals surface area contributed by atoms with E-state index in [1.54, 1.807) is 16.4 Å². The van der Waals surface area contributed by atoms with Crippen molar-refractivity contribution in [1.82, 2.24) is 9.21 Å². The predicted octanol–water partition coefficient (Wildman–Crippen LogP) is 1.35. The molecule has 2 aliphatic heterocycles. The molecule has 0 aromatic heterocycles. The number of fused-ring (bicyclic) bond motifs is 1. The Labute approximate surface area is 126 Å². The van der Waals surface area contributed by atoms with Crippen LogP contribution in [0, 0.1) is 13.8 Å². The van der Waals surface area contributed by atoms with Crippen LogP contribution in [0.3, 0.4) is 0 Å². The fourth-order valence-electron chi connectivity index (χ4n) is 3.70. The number of anilines is 1. The minimum atomic E-state index is -3.43. The molecule has 2 saturated heterocycles. The monoisotopic (exact) mass is 309 g/mol. The van der Waals surface area contributed by atoms with Crippen LogP contribution in [-0.4, -0.2) is 49.8 Å². The maximum absolute atomic E-state index is 13.0. The average molecular weight is 309 g/mol. The first-order chi connectivity index (χ1) is 9.89. The van der Waals surface area contributed by atoms with E-state index in [1.165, 1.54) is 6.42 Å². The Morgan fingerprint density at radius 1 is 1.14 bits per heavy atom. The zero-order chi connectivity index (χ0) is 15.2. The van der Waals surface area contributed by atoms with Crippen LogP contribution in [0.15, 0.2) is 17.0 Å². The van der Waals surface area contributed by atoms with Gasteiger partial charge in [0.25, 0.3) is 0 Å². The molecule has 6 heteroatoms. The van der Waals surface area contributed by atoms with Gasteiger partial charge in [0.15, 0.2) is 0 Å². The number of rotatable bonds is 2. The van der Waals surface area contributed by atoms with Gasteiger partial charge in [-0.05, 0) is 56.5 Å². The number of aryl methyl sites for hydroxylation is 2. The Hall–Kier alpha value is -1.11. The third-order valence-electron chi connectivity index (χ3n) is 4.63. The average Bonchev–Trinajstić information content (AvgIpc) is 2.83. The van der Waals surface area contributed by atoms with Gasteiger partial charge >= 0.3 is 0 Å². The SMILES string of the molecule is Cc1cc(N)cc(C)c1S(=O)(=O)N1CCN2CCCC2C1. The van der Waals surface area contributed by atoms with Crippen LogP contribution in [0.4, 0.5) is 5.69 Å². The predicted molar refractivity (Wildman–Crippen MR) is 83.7 cm³/mol. The molecule has 116 valence electrons. The summed E-state index contributed by atoms with van der Waals surface area (Å²) in [6, 6.07) is 3.88. The van der Waals surface area contributed by atoms with Gasteiger partial charge in [-0.3, -0.25) is 4.90 Å². The molecule has 2 aliphatic rings. The van der Waals surface area contributed by atoms with Crippen molar-refractivity contribution in [3.63, 3.8) is 0 Å². The number of nitrogen functional groups attached to an aromatic ring is 1. The highest BCUT2D eigenvalue weighted by Gasteiger charge is 2.37. The molecule has 0 radical (unpaired) electrons. The summed E-state index contributed by atoms with van der Waals surface area (Å²) in [7, 11) is -3.43. The van der Waals surface area contributed by atoms with Gasteiger partial charge in [0.05, 0.1) is 4.90 Å². The second kappa shape index (κ2) is 5.26. The number of nitrogens with two attached hydrogens (primary N) is 1. The Bertz CT molecular complexity index is 634. The molecule has 2 heterocycles. The minimum Gasteiger partial charge on any atom is -0.399 e. The van der Waals surface area contributed by atoms with E-state index in [4.69, 9.17) is 5.73 Å². The van der Waals surface area contributed by atoms with Crippen LogP contribution in [0.5, 0.6) is 0 Å². The molecule has 2 fully saturated rings. The molecular formula is C15H23N3O2S. The second-order valence-electron chi connectivity index (χ2n) is 6.18. The fraction of sp³-hybridized carbons (Fsp3) is 0.600. The first-order valence-corrected chi connectivity index (χ1v) is 8.94.